The monoisotopic (exact) mass is 357 g/mol. The first-order valence-corrected chi connectivity index (χ1v) is 8.32. The van der Waals surface area contributed by atoms with E-state index in [1.807, 2.05) is 0 Å². The van der Waals surface area contributed by atoms with Gasteiger partial charge in [0.15, 0.2) is 5.82 Å². The van der Waals surface area contributed by atoms with E-state index >= 15 is 0 Å². The maximum atomic E-state index is 12.9. The summed E-state index contributed by atoms with van der Waals surface area (Å²) >= 11 is 0.517. The van der Waals surface area contributed by atoms with Crippen molar-refractivity contribution in [1.82, 2.24) is 19.9 Å². The van der Waals surface area contributed by atoms with Crippen LogP contribution >= 0.6 is 11.3 Å². The molecular weight excluding hydrogens is 343 g/mol. The fourth-order valence-electron chi connectivity index (χ4n) is 3.06. The number of aromatic nitrogens is 3. The standard InChI is InChI=1S/C14H14F3N5OS/c1-7(23)22-4-8(5-22)13(2-3-13)21-10-9-11(19-6-18-10)24-12(20-9)14(15,16)17/h6,8H,2-5H2,1H3,(H,18,19,21). The van der Waals surface area contributed by atoms with E-state index in [9.17, 15) is 18.0 Å². The number of hydrogen-bond donors (Lipinski definition) is 1. The first kappa shape index (κ1) is 15.6. The summed E-state index contributed by atoms with van der Waals surface area (Å²) in [5.41, 5.74) is -0.0428. The molecule has 6 nitrogen and oxygen atoms in total. The molecule has 0 spiro atoms. The Kier molecular flexibility index (Phi) is 3.25. The lowest BCUT2D eigenvalue weighted by atomic mass is 9.89. The third-order valence-corrected chi connectivity index (χ3v) is 5.71. The Morgan fingerprint density at radius 1 is 1.38 bits per heavy atom. The number of halogens is 3. The van der Waals surface area contributed by atoms with Gasteiger partial charge in [0.2, 0.25) is 10.9 Å². The summed E-state index contributed by atoms with van der Waals surface area (Å²) in [5, 5.41) is 2.37. The van der Waals surface area contributed by atoms with Crippen LogP contribution in [-0.4, -0.2) is 44.4 Å². The van der Waals surface area contributed by atoms with Gasteiger partial charge in [0.25, 0.3) is 0 Å². The molecule has 4 rings (SSSR count). The van der Waals surface area contributed by atoms with Crippen LogP contribution in [0.15, 0.2) is 6.33 Å². The van der Waals surface area contributed by atoms with Gasteiger partial charge < -0.3 is 10.2 Å². The number of rotatable bonds is 3. The molecule has 1 saturated heterocycles. The number of nitrogens with zero attached hydrogens (tertiary/aromatic N) is 4. The quantitative estimate of drug-likeness (QED) is 0.914. The summed E-state index contributed by atoms with van der Waals surface area (Å²) in [5.74, 6) is 0.665. The Labute approximate surface area is 139 Å². The topological polar surface area (TPSA) is 71.0 Å². The van der Waals surface area contributed by atoms with Crippen LogP contribution in [0.1, 0.15) is 24.8 Å². The molecule has 1 amide bonds. The van der Waals surface area contributed by atoms with Crippen LogP contribution in [0.5, 0.6) is 0 Å². The van der Waals surface area contributed by atoms with Crippen LogP contribution in [0.25, 0.3) is 10.3 Å². The molecule has 0 atom stereocenters. The maximum Gasteiger partial charge on any atom is 0.443 e. The van der Waals surface area contributed by atoms with Crippen molar-refractivity contribution in [3.05, 3.63) is 11.3 Å². The Morgan fingerprint density at radius 2 is 2.08 bits per heavy atom. The number of nitrogens with one attached hydrogen (secondary N) is 1. The number of amides is 1. The van der Waals surface area contributed by atoms with Gasteiger partial charge in [-0.1, -0.05) is 11.3 Å². The number of likely N-dealkylation sites (tertiary alicyclic amines) is 1. The van der Waals surface area contributed by atoms with Crippen molar-refractivity contribution in [2.24, 2.45) is 5.92 Å². The lowest BCUT2D eigenvalue weighted by Gasteiger charge is -2.43. The smallest absolute Gasteiger partial charge is 0.362 e. The molecule has 3 heterocycles. The molecule has 0 radical (unpaired) electrons. The molecular formula is C14H14F3N5OS. The third-order valence-electron chi connectivity index (χ3n) is 4.70. The molecule has 2 fully saturated rings. The predicted molar refractivity (Wildman–Crippen MR) is 81.5 cm³/mol. The zero-order chi connectivity index (χ0) is 17.1. The van der Waals surface area contributed by atoms with Gasteiger partial charge in [0.1, 0.15) is 16.7 Å². The Hall–Kier alpha value is -1.97. The summed E-state index contributed by atoms with van der Waals surface area (Å²) < 4.78 is 38.6. The van der Waals surface area contributed by atoms with Crippen LogP contribution in [0.4, 0.5) is 19.0 Å². The molecule has 1 aliphatic heterocycles. The van der Waals surface area contributed by atoms with Gasteiger partial charge in [-0.05, 0) is 12.8 Å². The van der Waals surface area contributed by atoms with Crippen LogP contribution in [-0.2, 0) is 11.0 Å². The summed E-state index contributed by atoms with van der Waals surface area (Å²) in [6.45, 7) is 2.87. The first-order chi connectivity index (χ1) is 11.3. The fourth-order valence-corrected chi connectivity index (χ4v) is 3.83. The number of fused-ring (bicyclic) bond motifs is 1. The van der Waals surface area contributed by atoms with Gasteiger partial charge in [-0.15, -0.1) is 0 Å². The van der Waals surface area contributed by atoms with Crippen molar-refractivity contribution in [2.75, 3.05) is 18.4 Å². The molecule has 0 unspecified atom stereocenters. The summed E-state index contributed by atoms with van der Waals surface area (Å²) in [6.07, 6.45) is -1.42. The molecule has 1 aliphatic carbocycles. The number of anilines is 1. The highest BCUT2D eigenvalue weighted by molar-refractivity contribution is 7.18. The highest BCUT2D eigenvalue weighted by Crippen LogP contribution is 2.49. The van der Waals surface area contributed by atoms with Gasteiger partial charge in [0.05, 0.1) is 0 Å². The second kappa shape index (κ2) is 5.01. The van der Waals surface area contributed by atoms with Crippen molar-refractivity contribution in [1.29, 1.82) is 0 Å². The minimum Gasteiger partial charge on any atom is -0.362 e. The summed E-state index contributed by atoms with van der Waals surface area (Å²) in [7, 11) is 0. The van der Waals surface area contributed by atoms with Crippen molar-refractivity contribution in [3.63, 3.8) is 0 Å². The Balaban J connectivity index is 1.59. The largest absolute Gasteiger partial charge is 0.443 e. The van der Waals surface area contributed by atoms with Crippen molar-refractivity contribution < 1.29 is 18.0 Å². The molecule has 2 aromatic rings. The van der Waals surface area contributed by atoms with Gasteiger partial charge in [-0.2, -0.15) is 13.2 Å². The van der Waals surface area contributed by atoms with Crippen LogP contribution in [0.2, 0.25) is 0 Å². The second-order valence-corrected chi connectivity index (χ2v) is 7.27. The predicted octanol–water partition coefficient (Wildman–Crippen LogP) is 2.53. The van der Waals surface area contributed by atoms with Gasteiger partial charge in [-0.3, -0.25) is 4.79 Å². The van der Waals surface area contributed by atoms with Gasteiger partial charge in [-0.25, -0.2) is 15.0 Å². The minimum atomic E-state index is -4.49. The van der Waals surface area contributed by atoms with Gasteiger partial charge >= 0.3 is 6.18 Å². The highest BCUT2D eigenvalue weighted by Gasteiger charge is 2.54. The summed E-state index contributed by atoms with van der Waals surface area (Å²) in [4.78, 5) is 25.0. The maximum absolute atomic E-state index is 12.9. The van der Waals surface area contributed by atoms with Crippen molar-refractivity contribution in [3.8, 4) is 0 Å². The lowest BCUT2D eigenvalue weighted by Crippen LogP contribution is -2.56. The normalized spacial score (nSPS) is 20.1. The van der Waals surface area contributed by atoms with Crippen LogP contribution in [0.3, 0.4) is 0 Å². The van der Waals surface area contributed by atoms with E-state index in [0.717, 1.165) is 12.8 Å². The van der Waals surface area contributed by atoms with Crippen LogP contribution < -0.4 is 5.32 Å². The van der Waals surface area contributed by atoms with E-state index in [-0.39, 0.29) is 27.7 Å². The molecule has 2 aliphatic rings. The number of carbonyl (C=O) groups is 1. The molecule has 1 saturated carbocycles. The lowest BCUT2D eigenvalue weighted by molar-refractivity contribution is -0.137. The minimum absolute atomic E-state index is 0.0424. The average Bonchev–Trinajstić information content (AvgIpc) is 3.03. The molecule has 0 aromatic carbocycles. The molecule has 128 valence electrons. The van der Waals surface area contributed by atoms with E-state index in [1.165, 1.54) is 13.3 Å². The molecule has 1 N–H and O–H groups in total. The molecule has 2 aromatic heterocycles. The molecule has 10 heteroatoms. The number of thiazole rings is 1. The summed E-state index contributed by atoms with van der Waals surface area (Å²) in [6, 6.07) is 0. The molecule has 24 heavy (non-hydrogen) atoms. The SMILES string of the molecule is CC(=O)N1CC(C2(Nc3ncnc4sc(C(F)(F)F)nc34)CC2)C1. The number of hydrogen-bond acceptors (Lipinski definition) is 6. The Morgan fingerprint density at radius 3 is 2.67 bits per heavy atom. The Bertz CT molecular complexity index is 810. The van der Waals surface area contributed by atoms with Crippen molar-refractivity contribution >= 4 is 33.4 Å². The zero-order valence-electron chi connectivity index (χ0n) is 12.7. The average molecular weight is 357 g/mol. The number of carbonyl (C=O) groups excluding carboxylic acids is 1. The van der Waals surface area contributed by atoms with E-state index in [0.29, 0.717) is 30.2 Å². The van der Waals surface area contributed by atoms with E-state index in [2.05, 4.69) is 20.3 Å². The first-order valence-electron chi connectivity index (χ1n) is 7.51. The van der Waals surface area contributed by atoms with E-state index in [1.54, 1.807) is 4.90 Å². The van der Waals surface area contributed by atoms with Gasteiger partial charge in [0, 0.05) is 31.5 Å². The van der Waals surface area contributed by atoms with E-state index in [4.69, 9.17) is 0 Å². The van der Waals surface area contributed by atoms with Crippen molar-refractivity contribution in [2.45, 2.75) is 31.5 Å². The molecule has 0 bridgehead atoms. The van der Waals surface area contributed by atoms with Crippen LogP contribution in [0, 0.1) is 5.92 Å². The zero-order valence-corrected chi connectivity index (χ0v) is 13.5. The highest BCUT2D eigenvalue weighted by atomic mass is 32.1. The third kappa shape index (κ3) is 2.48. The number of alkyl halides is 3. The second-order valence-electron chi connectivity index (χ2n) is 6.29. The van der Waals surface area contributed by atoms with E-state index < -0.39 is 11.2 Å². The fraction of sp³-hybridized carbons (Fsp3) is 0.571.